The van der Waals surface area contributed by atoms with Gasteiger partial charge in [-0.25, -0.2) is 0 Å². The van der Waals surface area contributed by atoms with Crippen LogP contribution in [0.1, 0.15) is 52.3 Å². The second-order valence-corrected chi connectivity index (χ2v) is 7.55. The first-order valence-electron chi connectivity index (χ1n) is 7.77. The number of nitrogens with one attached hydrogen (secondary N) is 2. The molecule has 0 atom stereocenters. The van der Waals surface area contributed by atoms with Crippen LogP contribution in [0.5, 0.6) is 0 Å². The third-order valence-corrected chi connectivity index (χ3v) is 4.38. The van der Waals surface area contributed by atoms with Crippen molar-refractivity contribution in [3.63, 3.8) is 0 Å². The van der Waals surface area contributed by atoms with Gasteiger partial charge in [0.1, 0.15) is 0 Å². The Morgan fingerprint density at radius 3 is 2.64 bits per heavy atom. The van der Waals surface area contributed by atoms with Crippen LogP contribution < -0.4 is 10.6 Å². The maximum absolute atomic E-state index is 5.23. The zero-order valence-electron chi connectivity index (χ0n) is 14.6. The summed E-state index contributed by atoms with van der Waals surface area (Å²) >= 11 is 1.82. The van der Waals surface area contributed by atoms with Gasteiger partial charge in [0.2, 0.25) is 5.89 Å². The molecule has 1 heterocycles. The van der Waals surface area contributed by atoms with Gasteiger partial charge < -0.3 is 15.2 Å². The van der Waals surface area contributed by atoms with Gasteiger partial charge in [-0.2, -0.15) is 16.7 Å². The quantitative estimate of drug-likeness (QED) is 0.564. The molecule has 1 aromatic heterocycles. The normalized spacial score (nSPS) is 12.8. The number of rotatable bonds is 8. The average molecular weight is 327 g/mol. The van der Waals surface area contributed by atoms with Crippen LogP contribution in [0.2, 0.25) is 0 Å². The molecule has 0 aromatic carbocycles. The average Bonchev–Trinajstić information content (AvgIpc) is 2.94. The van der Waals surface area contributed by atoms with E-state index in [1.165, 1.54) is 0 Å². The third kappa shape index (κ3) is 6.68. The fourth-order valence-electron chi connectivity index (χ4n) is 1.57. The van der Waals surface area contributed by atoms with E-state index in [1.54, 1.807) is 0 Å². The van der Waals surface area contributed by atoms with Crippen LogP contribution in [-0.4, -0.2) is 46.7 Å². The maximum Gasteiger partial charge on any atom is 0.228 e. The Morgan fingerprint density at radius 1 is 1.36 bits per heavy atom. The lowest BCUT2D eigenvalue weighted by Gasteiger charge is -2.20. The summed E-state index contributed by atoms with van der Waals surface area (Å²) in [6.45, 7) is 12.9. The van der Waals surface area contributed by atoms with Crippen LogP contribution in [0.3, 0.4) is 0 Å². The molecular formula is C15H29N5OS. The molecule has 0 unspecified atom stereocenters. The first-order chi connectivity index (χ1) is 10.4. The van der Waals surface area contributed by atoms with E-state index in [0.717, 1.165) is 24.9 Å². The van der Waals surface area contributed by atoms with Gasteiger partial charge >= 0.3 is 0 Å². The summed E-state index contributed by atoms with van der Waals surface area (Å²) in [6, 6.07) is 0. The first-order valence-corrected chi connectivity index (χ1v) is 9.00. The van der Waals surface area contributed by atoms with Crippen LogP contribution in [-0.2, 0) is 6.42 Å². The predicted molar refractivity (Wildman–Crippen MR) is 93.7 cm³/mol. The highest BCUT2D eigenvalue weighted by Crippen LogP contribution is 2.20. The molecular weight excluding hydrogens is 298 g/mol. The van der Waals surface area contributed by atoms with Crippen LogP contribution in [0, 0.1) is 0 Å². The van der Waals surface area contributed by atoms with Gasteiger partial charge in [-0.15, -0.1) is 0 Å². The van der Waals surface area contributed by atoms with Gasteiger partial charge in [0.05, 0.1) is 6.54 Å². The van der Waals surface area contributed by atoms with Crippen LogP contribution in [0.4, 0.5) is 0 Å². The monoisotopic (exact) mass is 327 g/mol. The molecule has 126 valence electrons. The number of hydrogen-bond acceptors (Lipinski definition) is 5. The Bertz CT molecular complexity index is 470. The molecule has 7 heteroatoms. The largest absolute Gasteiger partial charge is 0.357 e. The van der Waals surface area contributed by atoms with E-state index in [0.29, 0.717) is 18.9 Å². The van der Waals surface area contributed by atoms with Crippen molar-refractivity contribution in [3.8, 4) is 0 Å². The van der Waals surface area contributed by atoms with Gasteiger partial charge in [0.25, 0.3) is 0 Å². The van der Waals surface area contributed by atoms with E-state index in [4.69, 9.17) is 4.52 Å². The van der Waals surface area contributed by atoms with E-state index >= 15 is 0 Å². The molecule has 2 N–H and O–H groups in total. The van der Waals surface area contributed by atoms with E-state index < -0.39 is 0 Å². The molecule has 6 nitrogen and oxygen atoms in total. The summed E-state index contributed by atoms with van der Waals surface area (Å²) in [7, 11) is 0. The van der Waals surface area contributed by atoms with Gasteiger partial charge in [0.15, 0.2) is 11.8 Å². The lowest BCUT2D eigenvalue weighted by Crippen LogP contribution is -2.39. The van der Waals surface area contributed by atoms with Gasteiger partial charge in [-0.1, -0.05) is 19.0 Å². The van der Waals surface area contributed by atoms with E-state index in [9.17, 15) is 0 Å². The Hall–Kier alpha value is -1.24. The van der Waals surface area contributed by atoms with Crippen molar-refractivity contribution in [1.82, 2.24) is 20.8 Å². The fraction of sp³-hybridized carbons (Fsp3) is 0.800. The summed E-state index contributed by atoms with van der Waals surface area (Å²) < 4.78 is 5.37. The molecule has 22 heavy (non-hydrogen) atoms. The molecule has 0 aliphatic rings. The number of guanidine groups is 1. The predicted octanol–water partition coefficient (Wildman–Crippen LogP) is 2.43. The minimum absolute atomic E-state index is 0.140. The molecule has 0 aliphatic heterocycles. The van der Waals surface area contributed by atoms with Gasteiger partial charge in [0, 0.05) is 30.2 Å². The van der Waals surface area contributed by atoms with Crippen molar-refractivity contribution >= 4 is 17.7 Å². The Kier molecular flexibility index (Phi) is 7.72. The second kappa shape index (κ2) is 9.02. The first kappa shape index (κ1) is 18.8. The van der Waals surface area contributed by atoms with Crippen molar-refractivity contribution < 1.29 is 4.52 Å². The molecule has 0 saturated carbocycles. The van der Waals surface area contributed by atoms with Crippen molar-refractivity contribution in [1.29, 1.82) is 0 Å². The molecule has 0 fully saturated rings. The summed E-state index contributed by atoms with van der Waals surface area (Å²) in [6.07, 6.45) is 2.80. The zero-order valence-corrected chi connectivity index (χ0v) is 15.4. The Balaban J connectivity index is 2.48. The van der Waals surface area contributed by atoms with Crippen molar-refractivity contribution in [2.75, 3.05) is 25.9 Å². The SMILES string of the molecule is CCNC(=NCC(C)(C)SC)NCCc1nc(C(C)C)no1. The molecule has 0 bridgehead atoms. The van der Waals surface area contributed by atoms with Crippen LogP contribution >= 0.6 is 11.8 Å². The molecule has 1 rings (SSSR count). The van der Waals surface area contributed by atoms with Gasteiger partial charge in [-0.3, -0.25) is 4.99 Å². The van der Waals surface area contributed by atoms with Crippen molar-refractivity contribution in [2.45, 2.75) is 51.7 Å². The lowest BCUT2D eigenvalue weighted by atomic mass is 10.2. The molecule has 0 spiro atoms. The summed E-state index contributed by atoms with van der Waals surface area (Å²) in [5.41, 5.74) is 0. The lowest BCUT2D eigenvalue weighted by molar-refractivity contribution is 0.371. The number of aliphatic imine (C=N–C) groups is 1. The standard InChI is InChI=1S/C15H29N5OS/c1-7-16-14(18-10-15(4,5)22-6)17-9-8-12-19-13(11(2)3)20-21-12/h11H,7-10H2,1-6H3,(H2,16,17,18). The molecule has 0 aliphatic carbocycles. The topological polar surface area (TPSA) is 75.3 Å². The molecule has 0 amide bonds. The Labute approximate surface area is 137 Å². The number of hydrogen-bond donors (Lipinski definition) is 2. The van der Waals surface area contributed by atoms with Crippen LogP contribution in [0.25, 0.3) is 0 Å². The minimum Gasteiger partial charge on any atom is -0.357 e. The number of thioether (sulfide) groups is 1. The second-order valence-electron chi connectivity index (χ2n) is 6.04. The molecule has 0 radical (unpaired) electrons. The van der Waals surface area contributed by atoms with Crippen molar-refractivity contribution in [3.05, 3.63) is 11.7 Å². The highest BCUT2D eigenvalue weighted by Gasteiger charge is 2.15. The third-order valence-electron chi connectivity index (χ3n) is 3.15. The van der Waals surface area contributed by atoms with E-state index in [1.807, 2.05) is 11.8 Å². The smallest absolute Gasteiger partial charge is 0.228 e. The molecule has 0 saturated heterocycles. The number of aromatic nitrogens is 2. The summed E-state index contributed by atoms with van der Waals surface area (Å²) in [5, 5.41) is 10.5. The van der Waals surface area contributed by atoms with Crippen LogP contribution in [0.15, 0.2) is 9.52 Å². The number of nitrogens with zero attached hydrogens (tertiary/aromatic N) is 3. The van der Waals surface area contributed by atoms with Crippen molar-refractivity contribution in [2.24, 2.45) is 4.99 Å². The highest BCUT2D eigenvalue weighted by atomic mass is 32.2. The molecule has 1 aromatic rings. The maximum atomic E-state index is 5.23. The zero-order chi connectivity index (χ0) is 16.6. The summed E-state index contributed by atoms with van der Waals surface area (Å²) in [5.74, 6) is 2.54. The van der Waals surface area contributed by atoms with E-state index in [2.05, 4.69) is 66.6 Å². The van der Waals surface area contributed by atoms with E-state index in [-0.39, 0.29) is 10.7 Å². The van der Waals surface area contributed by atoms with Gasteiger partial charge in [-0.05, 0) is 27.0 Å². The fourth-order valence-corrected chi connectivity index (χ4v) is 1.76. The minimum atomic E-state index is 0.140. The summed E-state index contributed by atoms with van der Waals surface area (Å²) in [4.78, 5) is 9.00. The highest BCUT2D eigenvalue weighted by molar-refractivity contribution is 7.99. The Morgan fingerprint density at radius 2 is 2.09 bits per heavy atom.